The van der Waals surface area contributed by atoms with Crippen LogP contribution in [-0.2, 0) is 0 Å². The fourth-order valence-electron chi connectivity index (χ4n) is 2.11. The normalized spacial score (nSPS) is 10.2. The minimum atomic E-state index is -0.427. The second kappa shape index (κ2) is 6.74. The average molecular weight is 285 g/mol. The summed E-state index contributed by atoms with van der Waals surface area (Å²) in [6.45, 7) is 6.07. The number of nitrogens with zero attached hydrogens (tertiary/aromatic N) is 2. The van der Waals surface area contributed by atoms with Crippen molar-refractivity contribution in [3.05, 3.63) is 48.3 Å². The van der Waals surface area contributed by atoms with Crippen molar-refractivity contribution in [2.75, 3.05) is 23.3 Å². The zero-order valence-electron chi connectivity index (χ0n) is 12.2. The number of benzene rings is 1. The fraction of sp³-hybridized carbons (Fsp3) is 0.250. The molecule has 0 aliphatic heterocycles. The van der Waals surface area contributed by atoms with Crippen molar-refractivity contribution >= 4 is 17.3 Å². The average Bonchev–Trinajstić information content (AvgIpc) is 2.50. The summed E-state index contributed by atoms with van der Waals surface area (Å²) in [5.74, 6) is -0.557. The second-order valence-electron chi connectivity index (χ2n) is 4.54. The van der Waals surface area contributed by atoms with E-state index in [1.54, 1.807) is 6.07 Å². The number of amides is 1. The van der Waals surface area contributed by atoms with Gasteiger partial charge in [0, 0.05) is 30.7 Å². The number of pyridine rings is 1. The molecule has 0 saturated carbocycles. The van der Waals surface area contributed by atoms with E-state index in [0.717, 1.165) is 18.8 Å². The summed E-state index contributed by atoms with van der Waals surface area (Å²) in [4.78, 5) is 18.1. The van der Waals surface area contributed by atoms with Gasteiger partial charge in [-0.3, -0.25) is 4.79 Å². The maximum absolute atomic E-state index is 12.0. The molecule has 0 radical (unpaired) electrons. The molecule has 2 rings (SSSR count). The zero-order valence-corrected chi connectivity index (χ0v) is 12.2. The predicted octanol–water partition coefficient (Wildman–Crippen LogP) is 2.89. The number of aromatic nitrogens is 1. The molecule has 0 unspecified atom stereocenters. The maximum Gasteiger partial charge on any atom is 0.278 e. The van der Waals surface area contributed by atoms with Crippen LogP contribution < -0.4 is 10.2 Å². The molecule has 0 fully saturated rings. The van der Waals surface area contributed by atoms with E-state index in [0.29, 0.717) is 5.69 Å². The first-order valence-electron chi connectivity index (χ1n) is 6.96. The standard InChI is InChI=1S/C16H19N3O2/c1-3-19(4-2)13-9-7-12(8-10-13)18-16(21)15-14(20)6-5-11-17-15/h5-11,20H,3-4H2,1-2H3,(H,18,21). The molecule has 1 aromatic heterocycles. The number of anilines is 2. The van der Waals surface area contributed by atoms with Crippen LogP contribution in [0.4, 0.5) is 11.4 Å². The Balaban J connectivity index is 2.10. The lowest BCUT2D eigenvalue weighted by molar-refractivity contribution is 0.101. The van der Waals surface area contributed by atoms with E-state index in [9.17, 15) is 9.90 Å². The quantitative estimate of drug-likeness (QED) is 0.886. The molecule has 0 spiro atoms. The molecule has 5 heteroatoms. The van der Waals surface area contributed by atoms with Gasteiger partial charge in [-0.05, 0) is 50.2 Å². The van der Waals surface area contributed by atoms with Crippen molar-refractivity contribution in [1.29, 1.82) is 0 Å². The van der Waals surface area contributed by atoms with Crippen molar-refractivity contribution in [2.45, 2.75) is 13.8 Å². The van der Waals surface area contributed by atoms with Crippen LogP contribution in [0.3, 0.4) is 0 Å². The molecule has 110 valence electrons. The fourth-order valence-corrected chi connectivity index (χ4v) is 2.11. The summed E-state index contributed by atoms with van der Waals surface area (Å²) in [7, 11) is 0. The van der Waals surface area contributed by atoms with Crippen LogP contribution in [0.15, 0.2) is 42.6 Å². The van der Waals surface area contributed by atoms with Gasteiger partial charge in [0.15, 0.2) is 5.69 Å². The molecule has 2 N–H and O–H groups in total. The Labute approximate surface area is 124 Å². The topological polar surface area (TPSA) is 65.5 Å². The minimum Gasteiger partial charge on any atom is -0.505 e. The highest BCUT2D eigenvalue weighted by Gasteiger charge is 2.12. The number of aromatic hydroxyl groups is 1. The lowest BCUT2D eigenvalue weighted by Gasteiger charge is -2.21. The summed E-state index contributed by atoms with van der Waals surface area (Å²) in [6.07, 6.45) is 1.47. The molecule has 1 heterocycles. The molecule has 21 heavy (non-hydrogen) atoms. The third-order valence-corrected chi connectivity index (χ3v) is 3.26. The molecular weight excluding hydrogens is 266 g/mol. The third kappa shape index (κ3) is 3.51. The Morgan fingerprint density at radius 2 is 1.86 bits per heavy atom. The molecule has 0 bridgehead atoms. The molecule has 2 aromatic rings. The first-order chi connectivity index (χ1) is 10.2. The maximum atomic E-state index is 12.0. The van der Waals surface area contributed by atoms with Gasteiger partial charge in [-0.25, -0.2) is 4.98 Å². The van der Waals surface area contributed by atoms with Crippen molar-refractivity contribution in [3.63, 3.8) is 0 Å². The van der Waals surface area contributed by atoms with Gasteiger partial charge in [0.25, 0.3) is 5.91 Å². The van der Waals surface area contributed by atoms with E-state index in [2.05, 4.69) is 29.0 Å². The second-order valence-corrected chi connectivity index (χ2v) is 4.54. The summed E-state index contributed by atoms with van der Waals surface area (Å²) in [5.41, 5.74) is 1.80. The van der Waals surface area contributed by atoms with Gasteiger partial charge in [0.05, 0.1) is 0 Å². The van der Waals surface area contributed by atoms with Crippen molar-refractivity contribution in [2.24, 2.45) is 0 Å². The first kappa shape index (κ1) is 14.8. The first-order valence-corrected chi connectivity index (χ1v) is 6.96. The molecule has 0 aliphatic carbocycles. The number of nitrogens with one attached hydrogen (secondary N) is 1. The lowest BCUT2D eigenvalue weighted by Crippen LogP contribution is -2.21. The smallest absolute Gasteiger partial charge is 0.278 e. The molecule has 1 aromatic carbocycles. The molecule has 0 aliphatic rings. The van der Waals surface area contributed by atoms with E-state index in [-0.39, 0.29) is 11.4 Å². The highest BCUT2D eigenvalue weighted by Crippen LogP contribution is 2.19. The van der Waals surface area contributed by atoms with Gasteiger partial charge >= 0.3 is 0 Å². The highest BCUT2D eigenvalue weighted by molar-refractivity contribution is 6.04. The summed E-state index contributed by atoms with van der Waals surface area (Å²) < 4.78 is 0. The van der Waals surface area contributed by atoms with E-state index >= 15 is 0 Å². The van der Waals surface area contributed by atoms with Gasteiger partial charge in [0.2, 0.25) is 0 Å². The predicted molar refractivity (Wildman–Crippen MR) is 83.9 cm³/mol. The van der Waals surface area contributed by atoms with Crippen LogP contribution in [0.2, 0.25) is 0 Å². The summed E-state index contributed by atoms with van der Waals surface area (Å²) in [5, 5.41) is 12.3. The SMILES string of the molecule is CCN(CC)c1ccc(NC(=O)c2ncccc2O)cc1. The molecule has 0 saturated heterocycles. The van der Waals surface area contributed by atoms with Crippen molar-refractivity contribution in [1.82, 2.24) is 4.98 Å². The lowest BCUT2D eigenvalue weighted by atomic mass is 10.2. The Morgan fingerprint density at radius 3 is 2.43 bits per heavy atom. The van der Waals surface area contributed by atoms with Crippen LogP contribution in [0, 0.1) is 0 Å². The number of rotatable bonds is 5. The molecule has 0 atom stereocenters. The van der Waals surface area contributed by atoms with E-state index in [1.165, 1.54) is 12.3 Å². The van der Waals surface area contributed by atoms with E-state index < -0.39 is 5.91 Å². The van der Waals surface area contributed by atoms with Crippen LogP contribution in [-0.4, -0.2) is 29.1 Å². The van der Waals surface area contributed by atoms with Crippen molar-refractivity contribution in [3.8, 4) is 5.75 Å². The Kier molecular flexibility index (Phi) is 4.77. The van der Waals surface area contributed by atoms with Gasteiger partial charge in [-0.1, -0.05) is 0 Å². The van der Waals surface area contributed by atoms with Gasteiger partial charge in [-0.2, -0.15) is 0 Å². The van der Waals surface area contributed by atoms with E-state index in [1.807, 2.05) is 24.3 Å². The summed E-state index contributed by atoms with van der Waals surface area (Å²) in [6, 6.07) is 10.6. The van der Waals surface area contributed by atoms with Gasteiger partial charge < -0.3 is 15.3 Å². The van der Waals surface area contributed by atoms with Gasteiger partial charge in [-0.15, -0.1) is 0 Å². The molecule has 1 amide bonds. The Hall–Kier alpha value is -2.56. The minimum absolute atomic E-state index is 0.0188. The number of carbonyl (C=O) groups excluding carboxylic acids is 1. The third-order valence-electron chi connectivity index (χ3n) is 3.26. The van der Waals surface area contributed by atoms with Crippen LogP contribution in [0.25, 0.3) is 0 Å². The number of carbonyl (C=O) groups is 1. The van der Waals surface area contributed by atoms with Crippen LogP contribution in [0.1, 0.15) is 24.3 Å². The van der Waals surface area contributed by atoms with Crippen molar-refractivity contribution < 1.29 is 9.90 Å². The van der Waals surface area contributed by atoms with Crippen LogP contribution >= 0.6 is 0 Å². The molecular formula is C16H19N3O2. The highest BCUT2D eigenvalue weighted by atomic mass is 16.3. The largest absolute Gasteiger partial charge is 0.505 e. The van der Waals surface area contributed by atoms with E-state index in [4.69, 9.17) is 0 Å². The number of hydrogen-bond acceptors (Lipinski definition) is 4. The Morgan fingerprint density at radius 1 is 1.19 bits per heavy atom. The Bertz CT molecular complexity index is 607. The monoisotopic (exact) mass is 285 g/mol. The molecule has 5 nitrogen and oxygen atoms in total. The van der Waals surface area contributed by atoms with Crippen LogP contribution in [0.5, 0.6) is 5.75 Å². The summed E-state index contributed by atoms with van der Waals surface area (Å²) >= 11 is 0. The number of hydrogen-bond donors (Lipinski definition) is 2. The van der Waals surface area contributed by atoms with Gasteiger partial charge in [0.1, 0.15) is 5.75 Å². The zero-order chi connectivity index (χ0) is 15.2.